The number of carbonyl (C=O) groups is 2. The van der Waals surface area contributed by atoms with Crippen molar-refractivity contribution in [3.63, 3.8) is 0 Å². The second-order valence-corrected chi connectivity index (χ2v) is 8.31. The molecule has 2 aliphatic rings. The predicted molar refractivity (Wildman–Crippen MR) is 108 cm³/mol. The number of aromatic nitrogens is 2. The molecule has 28 heavy (non-hydrogen) atoms. The highest BCUT2D eigenvalue weighted by Gasteiger charge is 2.33. The fourth-order valence-electron chi connectivity index (χ4n) is 4.29. The second kappa shape index (κ2) is 7.78. The number of aromatic amines is 1. The Morgan fingerprint density at radius 2 is 1.93 bits per heavy atom. The number of hydrogen-bond acceptors (Lipinski definition) is 3. The van der Waals surface area contributed by atoms with Gasteiger partial charge in [0.15, 0.2) is 0 Å². The molecule has 2 aliphatic heterocycles. The first-order valence-electron chi connectivity index (χ1n) is 10.3. The first kappa shape index (κ1) is 18.7. The quantitative estimate of drug-likeness (QED) is 0.886. The normalized spacial score (nSPS) is 17.2. The number of anilines is 1. The van der Waals surface area contributed by atoms with Gasteiger partial charge in [-0.15, -0.1) is 0 Å². The molecular formula is C22H28N4O2. The predicted octanol–water partition coefficient (Wildman–Crippen LogP) is 3.05. The summed E-state index contributed by atoms with van der Waals surface area (Å²) < 4.78 is 0. The summed E-state index contributed by atoms with van der Waals surface area (Å²) in [6, 6.07) is 10.0. The minimum Gasteiger partial charge on any atom is -0.337 e. The van der Waals surface area contributed by atoms with Crippen molar-refractivity contribution in [3.8, 4) is 0 Å². The van der Waals surface area contributed by atoms with E-state index in [1.165, 1.54) is 5.56 Å². The summed E-state index contributed by atoms with van der Waals surface area (Å²) >= 11 is 0. The van der Waals surface area contributed by atoms with E-state index in [0.717, 1.165) is 30.8 Å². The Labute approximate surface area is 165 Å². The van der Waals surface area contributed by atoms with Gasteiger partial charge in [0.05, 0.1) is 0 Å². The zero-order valence-corrected chi connectivity index (χ0v) is 16.6. The van der Waals surface area contributed by atoms with E-state index < -0.39 is 0 Å². The van der Waals surface area contributed by atoms with Crippen LogP contribution in [0.5, 0.6) is 0 Å². The minimum absolute atomic E-state index is 0.00843. The van der Waals surface area contributed by atoms with Gasteiger partial charge < -0.3 is 9.80 Å². The standard InChI is InChI=1S/C22H28N4O2/c1-15(2)13-18-14-19(24-23-18)22(28)25-10-7-17(8-11-25)21(27)26-12-9-16-5-3-4-6-20(16)26/h3-6,14-15,17H,7-13H2,1-2H3,(H,23,24). The number of nitrogens with zero attached hydrogens (tertiary/aromatic N) is 3. The van der Waals surface area contributed by atoms with E-state index in [1.807, 2.05) is 34.1 Å². The number of nitrogens with one attached hydrogen (secondary N) is 1. The van der Waals surface area contributed by atoms with Crippen LogP contribution in [0.2, 0.25) is 0 Å². The van der Waals surface area contributed by atoms with E-state index in [0.29, 0.717) is 37.5 Å². The monoisotopic (exact) mass is 380 g/mol. The van der Waals surface area contributed by atoms with Gasteiger partial charge in [-0.1, -0.05) is 32.0 Å². The van der Waals surface area contributed by atoms with E-state index in [2.05, 4.69) is 30.1 Å². The van der Waals surface area contributed by atoms with Crippen LogP contribution in [0.15, 0.2) is 30.3 Å². The third kappa shape index (κ3) is 3.68. The molecule has 0 atom stereocenters. The highest BCUT2D eigenvalue weighted by Crippen LogP contribution is 2.31. The maximum Gasteiger partial charge on any atom is 0.274 e. The number of rotatable bonds is 4. The van der Waals surface area contributed by atoms with Crippen LogP contribution in [0.4, 0.5) is 5.69 Å². The van der Waals surface area contributed by atoms with Crippen molar-refractivity contribution in [1.29, 1.82) is 0 Å². The maximum atomic E-state index is 13.0. The molecule has 4 rings (SSSR count). The molecule has 0 bridgehead atoms. The van der Waals surface area contributed by atoms with Crippen LogP contribution in [-0.4, -0.2) is 46.5 Å². The Balaban J connectivity index is 1.35. The van der Waals surface area contributed by atoms with Crippen molar-refractivity contribution < 1.29 is 9.59 Å². The molecule has 6 heteroatoms. The Morgan fingerprint density at radius 1 is 1.18 bits per heavy atom. The number of piperidine rings is 1. The van der Waals surface area contributed by atoms with Gasteiger partial charge in [0.2, 0.25) is 5.91 Å². The largest absolute Gasteiger partial charge is 0.337 e. The van der Waals surface area contributed by atoms with Crippen LogP contribution in [0, 0.1) is 11.8 Å². The van der Waals surface area contributed by atoms with Gasteiger partial charge in [0, 0.05) is 36.9 Å². The fourth-order valence-corrected chi connectivity index (χ4v) is 4.29. The van der Waals surface area contributed by atoms with Crippen LogP contribution in [0.3, 0.4) is 0 Å². The highest BCUT2D eigenvalue weighted by atomic mass is 16.2. The Morgan fingerprint density at radius 3 is 2.68 bits per heavy atom. The molecule has 0 aliphatic carbocycles. The minimum atomic E-state index is -0.0383. The lowest BCUT2D eigenvalue weighted by atomic mass is 9.95. The van der Waals surface area contributed by atoms with Crippen molar-refractivity contribution in [1.82, 2.24) is 15.1 Å². The molecule has 0 spiro atoms. The Hall–Kier alpha value is -2.63. The summed E-state index contributed by atoms with van der Waals surface area (Å²) in [5.74, 6) is 0.673. The van der Waals surface area contributed by atoms with Crippen molar-refractivity contribution in [2.75, 3.05) is 24.5 Å². The number of para-hydroxylation sites is 1. The summed E-state index contributed by atoms with van der Waals surface area (Å²) in [5.41, 5.74) is 3.78. The zero-order chi connectivity index (χ0) is 19.7. The molecule has 148 valence electrons. The molecule has 1 saturated heterocycles. The molecule has 1 aromatic carbocycles. The average Bonchev–Trinajstić information content (AvgIpc) is 3.33. The number of H-pyrrole nitrogens is 1. The van der Waals surface area contributed by atoms with Crippen LogP contribution in [-0.2, 0) is 17.6 Å². The van der Waals surface area contributed by atoms with E-state index in [4.69, 9.17) is 0 Å². The molecule has 0 radical (unpaired) electrons. The lowest BCUT2D eigenvalue weighted by Crippen LogP contribution is -2.44. The van der Waals surface area contributed by atoms with Crippen LogP contribution >= 0.6 is 0 Å². The van der Waals surface area contributed by atoms with Crippen molar-refractivity contribution in [2.24, 2.45) is 11.8 Å². The summed E-state index contributed by atoms with van der Waals surface area (Å²) in [4.78, 5) is 29.5. The van der Waals surface area contributed by atoms with E-state index >= 15 is 0 Å². The molecule has 1 aromatic heterocycles. The zero-order valence-electron chi connectivity index (χ0n) is 16.6. The van der Waals surface area contributed by atoms with Gasteiger partial charge in [-0.3, -0.25) is 14.7 Å². The fraction of sp³-hybridized carbons (Fsp3) is 0.500. The van der Waals surface area contributed by atoms with Crippen LogP contribution in [0.25, 0.3) is 0 Å². The molecule has 1 N–H and O–H groups in total. The Kier molecular flexibility index (Phi) is 5.20. The molecule has 2 aromatic rings. The van der Waals surface area contributed by atoms with Gasteiger partial charge in [-0.2, -0.15) is 5.10 Å². The first-order chi connectivity index (χ1) is 13.5. The number of benzene rings is 1. The third-order valence-corrected chi connectivity index (χ3v) is 5.76. The molecule has 3 heterocycles. The van der Waals surface area contributed by atoms with E-state index in [-0.39, 0.29) is 17.7 Å². The van der Waals surface area contributed by atoms with Gasteiger partial charge >= 0.3 is 0 Å². The first-order valence-corrected chi connectivity index (χ1v) is 10.3. The number of likely N-dealkylation sites (tertiary alicyclic amines) is 1. The van der Waals surface area contributed by atoms with E-state index in [1.54, 1.807) is 0 Å². The molecule has 0 saturated carbocycles. The topological polar surface area (TPSA) is 69.3 Å². The second-order valence-electron chi connectivity index (χ2n) is 8.31. The number of hydrogen-bond donors (Lipinski definition) is 1. The number of carbonyl (C=O) groups excluding carboxylic acids is 2. The van der Waals surface area contributed by atoms with Crippen LogP contribution in [0.1, 0.15) is 48.4 Å². The van der Waals surface area contributed by atoms with Gasteiger partial charge in [0.1, 0.15) is 5.69 Å². The molecule has 6 nitrogen and oxygen atoms in total. The van der Waals surface area contributed by atoms with Gasteiger partial charge in [0.25, 0.3) is 5.91 Å². The summed E-state index contributed by atoms with van der Waals surface area (Å²) in [5, 5.41) is 7.17. The number of amides is 2. The van der Waals surface area contributed by atoms with Crippen molar-refractivity contribution in [2.45, 2.75) is 39.5 Å². The third-order valence-electron chi connectivity index (χ3n) is 5.76. The Bertz CT molecular complexity index is 865. The van der Waals surface area contributed by atoms with E-state index in [9.17, 15) is 9.59 Å². The van der Waals surface area contributed by atoms with Gasteiger partial charge in [-0.05, 0) is 49.3 Å². The molecule has 2 amide bonds. The lowest BCUT2D eigenvalue weighted by Gasteiger charge is -2.33. The van der Waals surface area contributed by atoms with Crippen LogP contribution < -0.4 is 4.90 Å². The summed E-state index contributed by atoms with van der Waals surface area (Å²) in [6.45, 7) is 6.27. The molecule has 1 fully saturated rings. The summed E-state index contributed by atoms with van der Waals surface area (Å²) in [7, 11) is 0. The maximum absolute atomic E-state index is 13.0. The molecular weight excluding hydrogens is 352 g/mol. The van der Waals surface area contributed by atoms with Gasteiger partial charge in [-0.25, -0.2) is 0 Å². The SMILES string of the molecule is CC(C)Cc1cc(C(=O)N2CCC(C(=O)N3CCc4ccccc43)CC2)n[nH]1. The lowest BCUT2D eigenvalue weighted by molar-refractivity contribution is -0.123. The smallest absolute Gasteiger partial charge is 0.274 e. The average molecular weight is 380 g/mol. The summed E-state index contributed by atoms with van der Waals surface area (Å²) in [6.07, 6.45) is 3.24. The van der Waals surface area contributed by atoms with Crippen molar-refractivity contribution >= 4 is 17.5 Å². The molecule has 0 unspecified atom stereocenters. The van der Waals surface area contributed by atoms with Crippen molar-refractivity contribution in [3.05, 3.63) is 47.3 Å². The number of fused-ring (bicyclic) bond motifs is 1. The highest BCUT2D eigenvalue weighted by molar-refractivity contribution is 5.97.